The van der Waals surface area contributed by atoms with Gasteiger partial charge in [0.1, 0.15) is 0 Å². The van der Waals surface area contributed by atoms with Gasteiger partial charge in [-0.2, -0.15) is 0 Å². The van der Waals surface area contributed by atoms with Gasteiger partial charge in [0.25, 0.3) is 0 Å². The fraction of sp³-hybridized carbons (Fsp3) is 0.500. The number of aromatic nitrogens is 2. The minimum atomic E-state index is 0.625. The van der Waals surface area contributed by atoms with Crippen LogP contribution in [0.5, 0.6) is 5.88 Å². The Morgan fingerprint density at radius 2 is 2.10 bits per heavy atom. The van der Waals surface area contributed by atoms with Gasteiger partial charge in [0.2, 0.25) is 5.88 Å². The van der Waals surface area contributed by atoms with Gasteiger partial charge >= 0.3 is 0 Å². The van der Waals surface area contributed by atoms with Crippen molar-refractivity contribution in [2.24, 2.45) is 0 Å². The zero-order chi connectivity index (χ0) is 13.6. The van der Waals surface area contributed by atoms with Crippen molar-refractivity contribution in [2.45, 2.75) is 38.1 Å². The molecule has 20 heavy (non-hydrogen) atoms. The van der Waals surface area contributed by atoms with Crippen LogP contribution in [0.25, 0.3) is 11.0 Å². The molecule has 4 nitrogen and oxygen atoms in total. The molecule has 0 spiro atoms. The lowest BCUT2D eigenvalue weighted by Crippen LogP contribution is -2.34. The maximum atomic E-state index is 5.70. The minimum absolute atomic E-state index is 0.625. The van der Waals surface area contributed by atoms with E-state index in [2.05, 4.69) is 15.3 Å². The van der Waals surface area contributed by atoms with Gasteiger partial charge in [-0.3, -0.25) is 0 Å². The lowest BCUT2D eigenvalue weighted by atomic mass is 10.0. The van der Waals surface area contributed by atoms with Gasteiger partial charge in [-0.05, 0) is 44.4 Å². The van der Waals surface area contributed by atoms with Crippen molar-refractivity contribution in [3.05, 3.63) is 30.5 Å². The molecule has 3 rings (SSSR count). The number of hydrogen-bond donors (Lipinski definition) is 1. The molecule has 0 aliphatic carbocycles. The molecule has 1 aromatic heterocycles. The average molecular weight is 271 g/mol. The Morgan fingerprint density at radius 1 is 1.20 bits per heavy atom. The highest BCUT2D eigenvalue weighted by Crippen LogP contribution is 2.14. The van der Waals surface area contributed by atoms with Gasteiger partial charge in [-0.1, -0.05) is 18.6 Å². The Hall–Kier alpha value is -1.68. The highest BCUT2D eigenvalue weighted by atomic mass is 16.5. The van der Waals surface area contributed by atoms with E-state index in [1.807, 2.05) is 24.3 Å². The number of para-hydroxylation sites is 2. The highest BCUT2D eigenvalue weighted by molar-refractivity contribution is 5.73. The predicted molar refractivity (Wildman–Crippen MR) is 79.9 cm³/mol. The molecule has 1 aromatic carbocycles. The lowest BCUT2D eigenvalue weighted by molar-refractivity contribution is 0.276. The zero-order valence-electron chi connectivity index (χ0n) is 11.7. The Balaban J connectivity index is 1.47. The summed E-state index contributed by atoms with van der Waals surface area (Å²) in [4.78, 5) is 8.81. The van der Waals surface area contributed by atoms with Crippen LogP contribution in [-0.4, -0.2) is 29.2 Å². The molecule has 1 N–H and O–H groups in total. The first-order chi connectivity index (χ1) is 9.92. The minimum Gasteiger partial charge on any atom is -0.477 e. The van der Waals surface area contributed by atoms with Gasteiger partial charge in [-0.15, -0.1) is 0 Å². The van der Waals surface area contributed by atoms with Gasteiger partial charge in [0, 0.05) is 6.04 Å². The molecule has 1 saturated heterocycles. The molecular weight excluding hydrogens is 250 g/mol. The zero-order valence-corrected chi connectivity index (χ0v) is 11.7. The third-order valence-corrected chi connectivity index (χ3v) is 3.79. The van der Waals surface area contributed by atoms with Crippen LogP contribution in [0.3, 0.4) is 0 Å². The predicted octanol–water partition coefficient (Wildman–Crippen LogP) is 2.93. The van der Waals surface area contributed by atoms with Gasteiger partial charge in [0.05, 0.1) is 23.8 Å². The number of hydrogen-bond acceptors (Lipinski definition) is 4. The summed E-state index contributed by atoms with van der Waals surface area (Å²) >= 11 is 0. The number of fused-ring (bicyclic) bond motifs is 1. The first kappa shape index (κ1) is 13.3. The van der Waals surface area contributed by atoms with E-state index in [1.54, 1.807) is 6.20 Å². The van der Waals surface area contributed by atoms with E-state index in [0.717, 1.165) is 17.5 Å². The van der Waals surface area contributed by atoms with Crippen LogP contribution >= 0.6 is 0 Å². The van der Waals surface area contributed by atoms with Gasteiger partial charge in [0.15, 0.2) is 0 Å². The average Bonchev–Trinajstić information content (AvgIpc) is 2.52. The topological polar surface area (TPSA) is 47.0 Å². The normalized spacial score (nSPS) is 19.1. The third-order valence-electron chi connectivity index (χ3n) is 3.79. The summed E-state index contributed by atoms with van der Waals surface area (Å²) in [5.41, 5.74) is 1.80. The maximum Gasteiger partial charge on any atom is 0.232 e. The molecule has 106 valence electrons. The van der Waals surface area contributed by atoms with Crippen LogP contribution in [0, 0.1) is 0 Å². The summed E-state index contributed by atoms with van der Waals surface area (Å²) in [6, 6.07) is 8.53. The smallest absolute Gasteiger partial charge is 0.232 e. The first-order valence-corrected chi connectivity index (χ1v) is 7.50. The number of nitrogens with one attached hydrogen (secondary N) is 1. The van der Waals surface area contributed by atoms with E-state index in [0.29, 0.717) is 18.5 Å². The van der Waals surface area contributed by atoms with E-state index in [1.165, 1.54) is 32.2 Å². The van der Waals surface area contributed by atoms with Crippen LogP contribution in [0.4, 0.5) is 0 Å². The molecule has 4 heteroatoms. The molecular formula is C16H21N3O. The third kappa shape index (κ3) is 3.45. The highest BCUT2D eigenvalue weighted by Gasteiger charge is 2.11. The number of rotatable bonds is 5. The van der Waals surface area contributed by atoms with Crippen LogP contribution in [0.15, 0.2) is 30.5 Å². The first-order valence-electron chi connectivity index (χ1n) is 7.50. The monoisotopic (exact) mass is 271 g/mol. The lowest BCUT2D eigenvalue weighted by Gasteiger charge is -2.23. The van der Waals surface area contributed by atoms with E-state index < -0.39 is 0 Å². The van der Waals surface area contributed by atoms with Crippen molar-refractivity contribution in [1.29, 1.82) is 0 Å². The summed E-state index contributed by atoms with van der Waals surface area (Å²) in [5.74, 6) is 0.625. The van der Waals surface area contributed by atoms with E-state index in [9.17, 15) is 0 Å². The molecule has 1 atom stereocenters. The Bertz CT molecular complexity index is 552. The number of ether oxygens (including phenoxy) is 1. The molecule has 1 aliphatic rings. The summed E-state index contributed by atoms with van der Waals surface area (Å²) in [6.45, 7) is 1.88. The second kappa shape index (κ2) is 6.66. The second-order valence-corrected chi connectivity index (χ2v) is 5.33. The number of benzene rings is 1. The van der Waals surface area contributed by atoms with Crippen molar-refractivity contribution < 1.29 is 4.74 Å². The molecule has 0 bridgehead atoms. The number of piperidine rings is 1. The fourth-order valence-corrected chi connectivity index (χ4v) is 2.69. The van der Waals surface area contributed by atoms with Gasteiger partial charge in [-0.25, -0.2) is 9.97 Å². The van der Waals surface area contributed by atoms with E-state index in [-0.39, 0.29) is 0 Å². The van der Waals surface area contributed by atoms with E-state index in [4.69, 9.17) is 4.74 Å². The molecule has 0 saturated carbocycles. The Kier molecular flexibility index (Phi) is 4.43. The quantitative estimate of drug-likeness (QED) is 0.849. The molecule has 0 amide bonds. The summed E-state index contributed by atoms with van der Waals surface area (Å²) < 4.78 is 5.70. The molecule has 1 unspecified atom stereocenters. The second-order valence-electron chi connectivity index (χ2n) is 5.33. The molecule has 2 heterocycles. The summed E-state index contributed by atoms with van der Waals surface area (Å²) in [7, 11) is 0. The largest absolute Gasteiger partial charge is 0.477 e. The standard InChI is InChI=1S/C16H21N3O/c1-2-9-15-14(8-1)18-12-16(19-15)20-11-5-7-13-6-3-4-10-17-13/h1-2,8-9,12-13,17H,3-7,10-11H2. The maximum absolute atomic E-state index is 5.70. The number of nitrogens with zero attached hydrogens (tertiary/aromatic N) is 2. The van der Waals surface area contributed by atoms with Crippen LogP contribution < -0.4 is 10.1 Å². The van der Waals surface area contributed by atoms with Crippen LogP contribution in [0.1, 0.15) is 32.1 Å². The molecule has 0 radical (unpaired) electrons. The Labute approximate surface area is 119 Å². The molecule has 1 aliphatic heterocycles. The van der Waals surface area contributed by atoms with E-state index >= 15 is 0 Å². The van der Waals surface area contributed by atoms with Crippen LogP contribution in [-0.2, 0) is 0 Å². The summed E-state index contributed by atoms with van der Waals surface area (Å²) in [5, 5.41) is 3.56. The van der Waals surface area contributed by atoms with Crippen molar-refractivity contribution in [3.63, 3.8) is 0 Å². The van der Waals surface area contributed by atoms with Crippen molar-refractivity contribution in [1.82, 2.24) is 15.3 Å². The van der Waals surface area contributed by atoms with Crippen LogP contribution in [0.2, 0.25) is 0 Å². The van der Waals surface area contributed by atoms with Crippen molar-refractivity contribution >= 4 is 11.0 Å². The SMILES string of the molecule is c1ccc2nc(OCCCC3CCCCN3)cnc2c1. The van der Waals surface area contributed by atoms with Gasteiger partial charge < -0.3 is 10.1 Å². The molecule has 2 aromatic rings. The summed E-state index contributed by atoms with van der Waals surface area (Å²) in [6.07, 6.45) is 7.93. The fourth-order valence-electron chi connectivity index (χ4n) is 2.69. The van der Waals surface area contributed by atoms with Crippen molar-refractivity contribution in [2.75, 3.05) is 13.2 Å². The molecule has 1 fully saturated rings. The van der Waals surface area contributed by atoms with Crippen molar-refractivity contribution in [3.8, 4) is 5.88 Å². The Morgan fingerprint density at radius 3 is 2.95 bits per heavy atom.